The molecule has 0 radical (unpaired) electrons. The summed E-state index contributed by atoms with van der Waals surface area (Å²) < 4.78 is 1.80. The Balaban J connectivity index is 1.39. The van der Waals surface area contributed by atoms with E-state index in [1.807, 2.05) is 48.7 Å². The summed E-state index contributed by atoms with van der Waals surface area (Å²) in [7, 11) is 0. The van der Waals surface area contributed by atoms with Gasteiger partial charge in [0, 0.05) is 23.9 Å². The van der Waals surface area contributed by atoms with Crippen molar-refractivity contribution >= 4 is 23.0 Å². The minimum Gasteiger partial charge on any atom is -0.481 e. The van der Waals surface area contributed by atoms with Crippen molar-refractivity contribution in [1.29, 1.82) is 0 Å². The lowest BCUT2D eigenvalue weighted by atomic mass is 9.93. The number of fused-ring (bicyclic) bond motifs is 1. The van der Waals surface area contributed by atoms with E-state index in [1.165, 1.54) is 22.3 Å². The maximum Gasteiger partial charge on any atom is 0.303 e. The molecule has 6 heteroatoms. The van der Waals surface area contributed by atoms with Crippen LogP contribution in [0, 0.1) is 11.8 Å². The number of hydrogen-bond donors (Lipinski definition) is 2. The van der Waals surface area contributed by atoms with Crippen LogP contribution in [0.3, 0.4) is 0 Å². The van der Waals surface area contributed by atoms with Gasteiger partial charge in [0.1, 0.15) is 0 Å². The molecule has 0 saturated carbocycles. The van der Waals surface area contributed by atoms with Crippen LogP contribution in [0.25, 0.3) is 5.52 Å². The van der Waals surface area contributed by atoms with Gasteiger partial charge in [0.2, 0.25) is 5.78 Å². The molecule has 45 heavy (non-hydrogen) atoms. The second kappa shape index (κ2) is 14.4. The number of benzene rings is 3. The van der Waals surface area contributed by atoms with Crippen LogP contribution in [-0.4, -0.2) is 26.2 Å². The third kappa shape index (κ3) is 8.07. The third-order valence-corrected chi connectivity index (χ3v) is 8.00. The number of aliphatic carboxylic acids is 1. The minimum atomic E-state index is -0.836. The molecule has 2 heterocycles. The number of carboxylic acids is 1. The standard InChI is InChI=1S/C39H43N3O3/c1-26(2)24-28-11-15-30(16-12-28)37(31-17-13-29(14-18-31)25-27(3)4)40-33-21-19-32(20-22-33)38(45)39-41-34(8-7-10-36(43)44)35-9-5-6-23-42(35)39/h5-6,9,11-23,26-27,37,40H,7-8,10,24-25H2,1-4H3,(H,43,44). The van der Waals surface area contributed by atoms with Gasteiger partial charge in [-0.1, -0.05) is 82.3 Å². The average molecular weight is 602 g/mol. The molecule has 2 N–H and O–H groups in total. The van der Waals surface area contributed by atoms with Crippen molar-refractivity contribution < 1.29 is 14.7 Å². The normalized spacial score (nSPS) is 11.5. The lowest BCUT2D eigenvalue weighted by Crippen LogP contribution is -2.13. The lowest BCUT2D eigenvalue weighted by Gasteiger charge is -2.22. The molecule has 0 atom stereocenters. The van der Waals surface area contributed by atoms with Crippen molar-refractivity contribution in [2.45, 2.75) is 65.8 Å². The lowest BCUT2D eigenvalue weighted by molar-refractivity contribution is -0.137. The molecule has 6 nitrogen and oxygen atoms in total. The Morgan fingerprint density at radius 2 is 1.36 bits per heavy atom. The van der Waals surface area contributed by atoms with E-state index < -0.39 is 5.97 Å². The summed E-state index contributed by atoms with van der Waals surface area (Å²) >= 11 is 0. The fraction of sp³-hybridized carbons (Fsp3) is 0.308. The largest absolute Gasteiger partial charge is 0.481 e. The highest BCUT2D eigenvalue weighted by Crippen LogP contribution is 2.29. The molecule has 0 spiro atoms. The first-order valence-corrected chi connectivity index (χ1v) is 15.9. The molecule has 0 fully saturated rings. The number of ketones is 1. The number of hydrogen-bond acceptors (Lipinski definition) is 4. The van der Waals surface area contributed by atoms with Gasteiger partial charge in [-0.25, -0.2) is 4.98 Å². The van der Waals surface area contributed by atoms with Gasteiger partial charge >= 0.3 is 5.97 Å². The van der Waals surface area contributed by atoms with Crippen LogP contribution in [0.15, 0.2) is 97.2 Å². The number of carboxylic acid groups (broad SMARTS) is 1. The van der Waals surface area contributed by atoms with Crippen LogP contribution in [-0.2, 0) is 24.1 Å². The summed E-state index contributed by atoms with van der Waals surface area (Å²) in [6.07, 6.45) is 4.95. The Morgan fingerprint density at radius 1 is 0.778 bits per heavy atom. The van der Waals surface area contributed by atoms with E-state index >= 15 is 0 Å². The van der Waals surface area contributed by atoms with E-state index in [9.17, 15) is 9.59 Å². The first kappa shape index (κ1) is 31.7. The molecular weight excluding hydrogens is 558 g/mol. The van der Waals surface area contributed by atoms with Crippen molar-refractivity contribution in [3.8, 4) is 0 Å². The molecule has 2 aromatic heterocycles. The number of imidazole rings is 1. The highest BCUT2D eigenvalue weighted by Gasteiger charge is 2.20. The summed E-state index contributed by atoms with van der Waals surface area (Å²) in [5, 5.41) is 12.8. The predicted octanol–water partition coefficient (Wildman–Crippen LogP) is 8.57. The number of rotatable bonds is 14. The van der Waals surface area contributed by atoms with Gasteiger partial charge in [0.25, 0.3) is 0 Å². The molecular formula is C39H43N3O3. The fourth-order valence-corrected chi connectivity index (χ4v) is 5.86. The Morgan fingerprint density at radius 3 is 1.89 bits per heavy atom. The number of carbonyl (C=O) groups is 2. The highest BCUT2D eigenvalue weighted by molar-refractivity contribution is 6.07. The topological polar surface area (TPSA) is 83.7 Å². The fourth-order valence-electron chi connectivity index (χ4n) is 5.86. The highest BCUT2D eigenvalue weighted by atomic mass is 16.4. The molecule has 3 aromatic carbocycles. The van der Waals surface area contributed by atoms with Crippen molar-refractivity contribution in [3.05, 3.63) is 137 Å². The molecule has 0 amide bonds. The zero-order valence-corrected chi connectivity index (χ0v) is 26.7. The molecule has 0 bridgehead atoms. The molecule has 0 aliphatic heterocycles. The Labute approximate surface area is 266 Å². The molecule has 5 aromatic rings. The van der Waals surface area contributed by atoms with E-state index in [4.69, 9.17) is 5.11 Å². The number of aryl methyl sites for hydroxylation is 1. The molecule has 0 aliphatic carbocycles. The van der Waals surface area contributed by atoms with Crippen molar-refractivity contribution in [2.24, 2.45) is 11.8 Å². The number of aromatic nitrogens is 2. The molecule has 0 unspecified atom stereocenters. The van der Waals surface area contributed by atoms with Crippen LogP contribution in [0.4, 0.5) is 5.69 Å². The van der Waals surface area contributed by atoms with Crippen LogP contribution in [0.5, 0.6) is 0 Å². The van der Waals surface area contributed by atoms with Crippen LogP contribution < -0.4 is 5.32 Å². The van der Waals surface area contributed by atoms with Gasteiger partial charge < -0.3 is 10.4 Å². The first-order valence-electron chi connectivity index (χ1n) is 15.9. The summed E-state index contributed by atoms with van der Waals surface area (Å²) in [5.41, 5.74) is 8.04. The summed E-state index contributed by atoms with van der Waals surface area (Å²) in [4.78, 5) is 29.3. The Kier molecular flexibility index (Phi) is 10.1. The minimum absolute atomic E-state index is 0.0580. The summed E-state index contributed by atoms with van der Waals surface area (Å²) in [6.45, 7) is 8.95. The van der Waals surface area contributed by atoms with Gasteiger partial charge in [-0.2, -0.15) is 0 Å². The summed E-state index contributed by atoms with van der Waals surface area (Å²) in [5.74, 6) is 0.519. The van der Waals surface area contributed by atoms with Crippen LogP contribution >= 0.6 is 0 Å². The van der Waals surface area contributed by atoms with Gasteiger partial charge in [0.15, 0.2) is 5.82 Å². The van der Waals surface area contributed by atoms with Gasteiger partial charge in [-0.3, -0.25) is 14.0 Å². The van der Waals surface area contributed by atoms with Crippen LogP contribution in [0.2, 0.25) is 0 Å². The molecule has 232 valence electrons. The maximum atomic E-state index is 13.7. The second-order valence-electron chi connectivity index (χ2n) is 12.7. The zero-order chi connectivity index (χ0) is 31.9. The van der Waals surface area contributed by atoms with E-state index in [0.717, 1.165) is 29.7 Å². The third-order valence-electron chi connectivity index (χ3n) is 8.00. The molecule has 0 aliphatic rings. The Hall–Kier alpha value is -4.71. The van der Waals surface area contributed by atoms with Crippen LogP contribution in [0.1, 0.15) is 90.7 Å². The average Bonchev–Trinajstić information content (AvgIpc) is 3.38. The summed E-state index contributed by atoms with van der Waals surface area (Å²) in [6, 6.07) is 31.0. The molecule has 0 saturated heterocycles. The Bertz CT molecular complexity index is 1680. The predicted molar refractivity (Wildman–Crippen MR) is 181 cm³/mol. The smallest absolute Gasteiger partial charge is 0.303 e. The van der Waals surface area contributed by atoms with Crippen molar-refractivity contribution in [3.63, 3.8) is 0 Å². The quantitative estimate of drug-likeness (QED) is 0.125. The number of carbonyl (C=O) groups excluding carboxylic acids is 1. The number of anilines is 1. The maximum absolute atomic E-state index is 13.7. The van der Waals surface area contributed by atoms with Gasteiger partial charge in [-0.05, 0) is 96.2 Å². The van der Waals surface area contributed by atoms with Crippen molar-refractivity contribution in [2.75, 3.05) is 5.32 Å². The van der Waals surface area contributed by atoms with E-state index in [-0.39, 0.29) is 18.2 Å². The van der Waals surface area contributed by atoms with Gasteiger partial charge in [0.05, 0.1) is 17.3 Å². The van der Waals surface area contributed by atoms with E-state index in [0.29, 0.717) is 36.1 Å². The van der Waals surface area contributed by atoms with Gasteiger partial charge in [-0.15, -0.1) is 0 Å². The number of pyridine rings is 1. The van der Waals surface area contributed by atoms with Crippen molar-refractivity contribution in [1.82, 2.24) is 9.38 Å². The SMILES string of the molecule is CC(C)Cc1ccc(C(Nc2ccc(C(=O)c3nc(CCCC(=O)O)c4ccccn34)cc2)c2ccc(CC(C)C)cc2)cc1. The number of nitrogens with zero attached hydrogens (tertiary/aromatic N) is 2. The zero-order valence-electron chi connectivity index (χ0n) is 26.7. The van der Waals surface area contributed by atoms with E-state index in [2.05, 4.69) is 86.5 Å². The van der Waals surface area contributed by atoms with E-state index in [1.54, 1.807) is 4.40 Å². The molecule has 5 rings (SSSR count). The first-order chi connectivity index (χ1) is 21.7. The number of nitrogens with one attached hydrogen (secondary N) is 1. The second-order valence-corrected chi connectivity index (χ2v) is 12.7. The monoisotopic (exact) mass is 601 g/mol.